The SMILES string of the molecule is C[C@@H](O)c1cccnc1F.C[C@@H](OC(=O)Cc1c(Br)nnn1C)c1cccnc1F.Cn1nnc(Br)c1C(=O)O. The maximum Gasteiger partial charge on any atom is 0.357 e. The molecule has 0 saturated heterocycles. The third-order valence-electron chi connectivity index (χ3n) is 4.97. The predicted octanol–water partition coefficient (Wildman–Crippen LogP) is 3.51. The molecule has 0 spiro atoms. The van der Waals surface area contributed by atoms with Gasteiger partial charge in [0.1, 0.15) is 6.10 Å². The van der Waals surface area contributed by atoms with Crippen molar-refractivity contribution in [2.45, 2.75) is 32.5 Å². The number of ether oxygens (including phenoxy) is 1. The summed E-state index contributed by atoms with van der Waals surface area (Å²) in [7, 11) is 3.19. The van der Waals surface area contributed by atoms with E-state index in [1.807, 2.05) is 0 Å². The minimum absolute atomic E-state index is 0.00367. The number of aliphatic hydroxyl groups excluding tert-OH is 1. The summed E-state index contributed by atoms with van der Waals surface area (Å²) < 4.78 is 34.6. The molecule has 0 aliphatic carbocycles. The Morgan fingerprint density at radius 2 is 1.48 bits per heavy atom. The van der Waals surface area contributed by atoms with E-state index in [1.165, 1.54) is 47.9 Å². The van der Waals surface area contributed by atoms with E-state index in [-0.39, 0.29) is 27.8 Å². The van der Waals surface area contributed by atoms with Crippen LogP contribution in [0.15, 0.2) is 45.9 Å². The Morgan fingerprint density at radius 1 is 0.950 bits per heavy atom. The zero-order valence-electron chi connectivity index (χ0n) is 21.5. The van der Waals surface area contributed by atoms with Gasteiger partial charge in [0.25, 0.3) is 0 Å². The van der Waals surface area contributed by atoms with Crippen LogP contribution >= 0.6 is 31.9 Å². The molecule has 0 fully saturated rings. The van der Waals surface area contributed by atoms with Crippen LogP contribution in [0.4, 0.5) is 8.78 Å². The Hall–Kier alpha value is -3.70. The standard InChI is InChI=1S/C12H12BrFN4O2.C7H8FNO.C4H4BrN3O2/c1-7(8-4-3-5-15-12(8)14)20-10(19)6-9-11(13)16-17-18(9)2;1-5(10)6-3-2-4-9-7(6)8;1-8-2(4(9)10)3(5)6-7-8/h3-5,7H,6H2,1-2H3;2-5,10H,1H3;1H3,(H,9,10)/t7-;5-;/m11./s1. The molecule has 2 N–H and O–H groups in total. The van der Waals surface area contributed by atoms with E-state index >= 15 is 0 Å². The summed E-state index contributed by atoms with van der Waals surface area (Å²) in [5.41, 5.74) is 1.12. The van der Waals surface area contributed by atoms with Crippen molar-refractivity contribution in [3.8, 4) is 0 Å². The predicted molar refractivity (Wildman–Crippen MR) is 142 cm³/mol. The molecule has 4 aromatic rings. The van der Waals surface area contributed by atoms with Crippen LogP contribution in [0.2, 0.25) is 0 Å². The number of hydrogen-bond acceptors (Lipinski definition) is 10. The highest BCUT2D eigenvalue weighted by atomic mass is 79.9. The molecule has 0 aromatic carbocycles. The van der Waals surface area contributed by atoms with E-state index in [0.717, 1.165) is 0 Å². The Balaban J connectivity index is 0.000000235. The molecule has 17 heteroatoms. The lowest BCUT2D eigenvalue weighted by atomic mass is 10.2. The van der Waals surface area contributed by atoms with Gasteiger partial charge < -0.3 is 14.9 Å². The summed E-state index contributed by atoms with van der Waals surface area (Å²) in [5, 5.41) is 31.9. The number of carbonyl (C=O) groups is 2. The van der Waals surface area contributed by atoms with E-state index in [2.05, 4.69) is 62.5 Å². The van der Waals surface area contributed by atoms with E-state index in [9.17, 15) is 18.4 Å². The first-order chi connectivity index (χ1) is 18.8. The number of aromatic carboxylic acids is 1. The van der Waals surface area contributed by atoms with Crippen molar-refractivity contribution in [2.24, 2.45) is 14.1 Å². The van der Waals surface area contributed by atoms with E-state index in [4.69, 9.17) is 14.9 Å². The van der Waals surface area contributed by atoms with Crippen LogP contribution in [0.3, 0.4) is 0 Å². The quantitative estimate of drug-likeness (QED) is 0.224. The summed E-state index contributed by atoms with van der Waals surface area (Å²) in [6, 6.07) is 6.21. The Labute approximate surface area is 243 Å². The number of aliphatic hydroxyl groups is 1. The van der Waals surface area contributed by atoms with Crippen LogP contribution in [0.5, 0.6) is 0 Å². The molecule has 214 valence electrons. The fourth-order valence-electron chi connectivity index (χ4n) is 2.95. The van der Waals surface area contributed by atoms with Gasteiger partial charge in [-0.15, -0.1) is 10.2 Å². The number of esters is 1. The van der Waals surface area contributed by atoms with Gasteiger partial charge in [0.15, 0.2) is 14.9 Å². The van der Waals surface area contributed by atoms with Crippen LogP contribution in [0, 0.1) is 11.9 Å². The van der Waals surface area contributed by atoms with Crippen molar-refractivity contribution in [2.75, 3.05) is 0 Å². The molecule has 0 aliphatic heterocycles. The molecule has 0 radical (unpaired) electrons. The van der Waals surface area contributed by atoms with Crippen LogP contribution in [-0.2, 0) is 30.0 Å². The molecule has 0 aliphatic rings. The Morgan fingerprint density at radius 3 is 1.85 bits per heavy atom. The maximum absolute atomic E-state index is 13.5. The number of carbonyl (C=O) groups excluding carboxylic acids is 1. The van der Waals surface area contributed by atoms with Gasteiger partial charge in [-0.2, -0.15) is 8.78 Å². The van der Waals surface area contributed by atoms with Gasteiger partial charge >= 0.3 is 11.9 Å². The Bertz CT molecular complexity index is 1410. The number of nitrogens with zero attached hydrogens (tertiary/aromatic N) is 8. The van der Waals surface area contributed by atoms with Crippen molar-refractivity contribution >= 4 is 43.8 Å². The lowest BCUT2D eigenvalue weighted by Crippen LogP contribution is -2.15. The summed E-state index contributed by atoms with van der Waals surface area (Å²) in [6.45, 7) is 3.09. The summed E-state index contributed by atoms with van der Waals surface area (Å²) in [6.07, 6.45) is 1.19. The first-order valence-electron chi connectivity index (χ1n) is 11.2. The highest BCUT2D eigenvalue weighted by molar-refractivity contribution is 9.10. The van der Waals surface area contributed by atoms with Crippen molar-refractivity contribution < 1.29 is 33.3 Å². The molecule has 0 unspecified atom stereocenters. The first kappa shape index (κ1) is 32.5. The average Bonchev–Trinajstić information content (AvgIpc) is 3.40. The van der Waals surface area contributed by atoms with E-state index in [1.54, 1.807) is 26.1 Å². The normalized spacial score (nSPS) is 11.8. The minimum Gasteiger partial charge on any atom is -0.476 e. The van der Waals surface area contributed by atoms with Gasteiger partial charge in [0.05, 0.1) is 18.2 Å². The lowest BCUT2D eigenvalue weighted by molar-refractivity contribution is -0.148. The minimum atomic E-state index is -1.04. The number of aryl methyl sites for hydroxylation is 2. The smallest absolute Gasteiger partial charge is 0.357 e. The molecule has 13 nitrogen and oxygen atoms in total. The van der Waals surface area contributed by atoms with Crippen LogP contribution in [0.1, 0.15) is 53.4 Å². The average molecular weight is 690 g/mol. The number of halogens is 4. The third-order valence-corrected chi connectivity index (χ3v) is 6.12. The van der Waals surface area contributed by atoms with Crippen molar-refractivity contribution in [3.63, 3.8) is 0 Å². The molecule has 0 bridgehead atoms. The molecule has 2 atom stereocenters. The molecule has 4 rings (SSSR count). The topological polar surface area (TPSA) is 171 Å². The second kappa shape index (κ2) is 15.2. The molecule has 4 heterocycles. The van der Waals surface area contributed by atoms with Crippen molar-refractivity contribution in [1.82, 2.24) is 40.0 Å². The van der Waals surface area contributed by atoms with Crippen molar-refractivity contribution in [3.05, 3.63) is 80.3 Å². The summed E-state index contributed by atoms with van der Waals surface area (Å²) >= 11 is 6.14. The largest absolute Gasteiger partial charge is 0.476 e. The number of carboxylic acids is 1. The molecular formula is C23H24Br2F2N8O5. The lowest BCUT2D eigenvalue weighted by Gasteiger charge is -2.13. The Kier molecular flexibility index (Phi) is 12.3. The van der Waals surface area contributed by atoms with Gasteiger partial charge in [-0.05, 0) is 63.9 Å². The van der Waals surface area contributed by atoms with Gasteiger partial charge in [-0.3, -0.25) is 9.48 Å². The number of carboxylic acid groups (broad SMARTS) is 1. The molecule has 40 heavy (non-hydrogen) atoms. The maximum atomic E-state index is 13.5. The number of hydrogen-bond donors (Lipinski definition) is 2. The number of pyridine rings is 2. The first-order valence-corrected chi connectivity index (χ1v) is 12.8. The highest BCUT2D eigenvalue weighted by Crippen LogP contribution is 2.20. The second-order valence-corrected chi connectivity index (χ2v) is 9.36. The molecular weight excluding hydrogens is 666 g/mol. The zero-order valence-corrected chi connectivity index (χ0v) is 24.7. The fraction of sp³-hybridized carbons (Fsp3) is 0.304. The monoisotopic (exact) mass is 688 g/mol. The van der Waals surface area contributed by atoms with E-state index < -0.39 is 36.0 Å². The van der Waals surface area contributed by atoms with Crippen LogP contribution in [0.25, 0.3) is 0 Å². The number of aromatic nitrogens is 8. The zero-order chi connectivity index (χ0) is 30.0. The second-order valence-electron chi connectivity index (χ2n) is 7.86. The third kappa shape index (κ3) is 9.20. The van der Waals surface area contributed by atoms with Gasteiger partial charge in [0, 0.05) is 37.6 Å². The molecule has 0 amide bonds. The molecule has 4 aromatic heterocycles. The van der Waals surface area contributed by atoms with Crippen LogP contribution in [-0.4, -0.2) is 62.1 Å². The van der Waals surface area contributed by atoms with E-state index in [0.29, 0.717) is 10.3 Å². The fourth-order valence-corrected chi connectivity index (χ4v) is 3.91. The van der Waals surface area contributed by atoms with Gasteiger partial charge in [-0.1, -0.05) is 16.5 Å². The summed E-state index contributed by atoms with van der Waals surface area (Å²) in [4.78, 5) is 29.1. The highest BCUT2D eigenvalue weighted by Gasteiger charge is 2.19. The van der Waals surface area contributed by atoms with Crippen molar-refractivity contribution in [1.29, 1.82) is 0 Å². The van der Waals surface area contributed by atoms with Gasteiger partial charge in [-0.25, -0.2) is 19.4 Å². The van der Waals surface area contributed by atoms with Gasteiger partial charge in [0.2, 0.25) is 11.9 Å². The number of rotatable bonds is 6. The summed E-state index contributed by atoms with van der Waals surface area (Å²) in [5.74, 6) is -2.78. The molecule has 0 saturated carbocycles. The van der Waals surface area contributed by atoms with Crippen LogP contribution < -0.4 is 0 Å².